The van der Waals surface area contributed by atoms with Crippen LogP contribution in [0.2, 0.25) is 0 Å². The van der Waals surface area contributed by atoms with Crippen LogP contribution in [0.15, 0.2) is 30.3 Å². The highest BCUT2D eigenvalue weighted by Crippen LogP contribution is 2.22. The normalized spacial score (nSPS) is 17.4. The average molecular weight is 346 g/mol. The number of carbonyl (C=O) groups is 2. The van der Waals surface area contributed by atoms with Crippen LogP contribution < -0.4 is 0 Å². The van der Waals surface area contributed by atoms with Crippen molar-refractivity contribution in [2.45, 2.75) is 58.1 Å². The lowest BCUT2D eigenvalue weighted by Crippen LogP contribution is -2.48. The number of amides is 2. The molecule has 0 unspecified atom stereocenters. The minimum atomic E-state index is -0.547. The SMILES string of the molecule is CN(CCCc1ccccc1)C(=O)[C@@H]1CCCN1C(=O)OC(C)(C)C. The minimum absolute atomic E-state index is 0.0106. The second-order valence-electron chi connectivity index (χ2n) is 7.68. The molecule has 138 valence electrons. The largest absolute Gasteiger partial charge is 0.444 e. The summed E-state index contributed by atoms with van der Waals surface area (Å²) in [5.74, 6) is 0.0106. The Morgan fingerprint density at radius 3 is 2.56 bits per heavy atom. The summed E-state index contributed by atoms with van der Waals surface area (Å²) in [7, 11) is 1.82. The summed E-state index contributed by atoms with van der Waals surface area (Å²) in [4.78, 5) is 28.4. The van der Waals surface area contributed by atoms with Gasteiger partial charge in [-0.15, -0.1) is 0 Å². The number of likely N-dealkylation sites (N-methyl/N-ethyl adjacent to an activating group) is 1. The van der Waals surface area contributed by atoms with Gasteiger partial charge in [0.15, 0.2) is 0 Å². The summed E-state index contributed by atoms with van der Waals surface area (Å²) in [5, 5.41) is 0. The van der Waals surface area contributed by atoms with Gasteiger partial charge < -0.3 is 9.64 Å². The van der Waals surface area contributed by atoms with Crippen molar-refractivity contribution in [1.29, 1.82) is 0 Å². The van der Waals surface area contributed by atoms with E-state index in [4.69, 9.17) is 4.74 Å². The Morgan fingerprint density at radius 1 is 1.24 bits per heavy atom. The highest BCUT2D eigenvalue weighted by atomic mass is 16.6. The van der Waals surface area contributed by atoms with E-state index in [1.54, 1.807) is 9.80 Å². The molecule has 25 heavy (non-hydrogen) atoms. The van der Waals surface area contributed by atoms with E-state index in [1.807, 2.05) is 46.0 Å². The summed E-state index contributed by atoms with van der Waals surface area (Å²) in [6, 6.07) is 9.87. The lowest BCUT2D eigenvalue weighted by atomic mass is 10.1. The molecule has 1 atom stereocenters. The number of benzene rings is 1. The highest BCUT2D eigenvalue weighted by molar-refractivity contribution is 5.86. The topological polar surface area (TPSA) is 49.9 Å². The Hall–Kier alpha value is -2.04. The molecule has 1 heterocycles. The van der Waals surface area contributed by atoms with Crippen molar-refractivity contribution in [3.8, 4) is 0 Å². The molecule has 1 aliphatic heterocycles. The lowest BCUT2D eigenvalue weighted by Gasteiger charge is -2.30. The maximum absolute atomic E-state index is 12.7. The molecule has 0 saturated carbocycles. The number of nitrogens with zero attached hydrogens (tertiary/aromatic N) is 2. The van der Waals surface area contributed by atoms with Crippen LogP contribution in [0.5, 0.6) is 0 Å². The molecule has 0 radical (unpaired) electrons. The molecule has 5 nitrogen and oxygen atoms in total. The van der Waals surface area contributed by atoms with Crippen LogP contribution in [-0.2, 0) is 16.0 Å². The van der Waals surface area contributed by atoms with Crippen molar-refractivity contribution in [1.82, 2.24) is 9.80 Å². The van der Waals surface area contributed by atoms with Crippen molar-refractivity contribution >= 4 is 12.0 Å². The predicted molar refractivity (Wildman–Crippen MR) is 98.4 cm³/mol. The maximum Gasteiger partial charge on any atom is 0.410 e. The smallest absolute Gasteiger partial charge is 0.410 e. The first-order valence-electron chi connectivity index (χ1n) is 9.06. The van der Waals surface area contributed by atoms with Crippen LogP contribution in [0.1, 0.15) is 45.6 Å². The fourth-order valence-corrected chi connectivity index (χ4v) is 3.09. The van der Waals surface area contributed by atoms with Crippen molar-refractivity contribution in [2.24, 2.45) is 0 Å². The third kappa shape index (κ3) is 5.76. The van der Waals surface area contributed by atoms with Gasteiger partial charge in [-0.3, -0.25) is 9.69 Å². The average Bonchev–Trinajstić information content (AvgIpc) is 3.03. The lowest BCUT2D eigenvalue weighted by molar-refractivity contribution is -0.134. The van der Waals surface area contributed by atoms with Gasteiger partial charge in [0, 0.05) is 20.1 Å². The van der Waals surface area contributed by atoms with Crippen LogP contribution in [0.3, 0.4) is 0 Å². The van der Waals surface area contributed by atoms with E-state index in [0.29, 0.717) is 19.5 Å². The zero-order valence-electron chi connectivity index (χ0n) is 15.8. The van der Waals surface area contributed by atoms with Crippen LogP contribution >= 0.6 is 0 Å². The summed E-state index contributed by atoms with van der Waals surface area (Å²) < 4.78 is 5.44. The van der Waals surface area contributed by atoms with Crippen molar-refractivity contribution < 1.29 is 14.3 Å². The van der Waals surface area contributed by atoms with Crippen LogP contribution in [0, 0.1) is 0 Å². The van der Waals surface area contributed by atoms with Crippen molar-refractivity contribution in [3.05, 3.63) is 35.9 Å². The number of rotatable bonds is 5. The van der Waals surface area contributed by atoms with E-state index in [-0.39, 0.29) is 12.0 Å². The Morgan fingerprint density at radius 2 is 1.92 bits per heavy atom. The minimum Gasteiger partial charge on any atom is -0.444 e. The molecule has 1 aromatic rings. The third-order valence-corrected chi connectivity index (χ3v) is 4.34. The van der Waals surface area contributed by atoms with Crippen molar-refractivity contribution in [2.75, 3.05) is 20.1 Å². The molecule has 0 bridgehead atoms. The second kappa shape index (κ2) is 8.37. The second-order valence-corrected chi connectivity index (χ2v) is 7.68. The molecule has 0 aromatic heterocycles. The molecule has 5 heteroatoms. The van der Waals surface area contributed by atoms with Gasteiger partial charge in [-0.25, -0.2) is 4.79 Å². The molecule has 0 spiro atoms. The molecule has 1 aliphatic rings. The maximum atomic E-state index is 12.7. The Labute approximate surface area is 150 Å². The van der Waals surface area contributed by atoms with Gasteiger partial charge >= 0.3 is 6.09 Å². The highest BCUT2D eigenvalue weighted by Gasteiger charge is 2.37. The fourth-order valence-electron chi connectivity index (χ4n) is 3.09. The molecule has 0 N–H and O–H groups in total. The molecule has 2 amide bonds. The standard InChI is InChI=1S/C20H30N2O3/c1-20(2,3)25-19(24)22-15-9-13-17(22)18(23)21(4)14-8-12-16-10-6-5-7-11-16/h5-7,10-11,17H,8-9,12-15H2,1-4H3/t17-/m0/s1. The van der Waals surface area contributed by atoms with Gasteiger partial charge in [0.1, 0.15) is 11.6 Å². The zero-order chi connectivity index (χ0) is 18.4. The van der Waals surface area contributed by atoms with E-state index in [2.05, 4.69) is 12.1 Å². The van der Waals surface area contributed by atoms with Crippen LogP contribution in [-0.4, -0.2) is 53.6 Å². The number of aryl methyl sites for hydroxylation is 1. The molecule has 0 aliphatic carbocycles. The Bertz CT molecular complexity index is 580. The van der Waals surface area contributed by atoms with Gasteiger partial charge in [0.2, 0.25) is 5.91 Å². The number of likely N-dealkylation sites (tertiary alicyclic amines) is 1. The summed E-state index contributed by atoms with van der Waals surface area (Å²) in [6.07, 6.45) is 3.01. The summed E-state index contributed by atoms with van der Waals surface area (Å²) in [5.41, 5.74) is 0.731. The van der Waals surface area contributed by atoms with Crippen LogP contribution in [0.4, 0.5) is 4.79 Å². The zero-order valence-corrected chi connectivity index (χ0v) is 15.8. The summed E-state index contributed by atoms with van der Waals surface area (Å²) in [6.45, 7) is 6.80. The van der Waals surface area contributed by atoms with Gasteiger partial charge in [0.05, 0.1) is 0 Å². The fraction of sp³-hybridized carbons (Fsp3) is 0.600. The van der Waals surface area contributed by atoms with Gasteiger partial charge in [-0.2, -0.15) is 0 Å². The van der Waals surface area contributed by atoms with Gasteiger partial charge in [-0.05, 0) is 52.0 Å². The van der Waals surface area contributed by atoms with Gasteiger partial charge in [0.25, 0.3) is 0 Å². The molecule has 2 rings (SSSR count). The predicted octanol–water partition coefficient (Wildman–Crippen LogP) is 3.48. The van der Waals surface area contributed by atoms with Crippen LogP contribution in [0.25, 0.3) is 0 Å². The van der Waals surface area contributed by atoms with E-state index in [9.17, 15) is 9.59 Å². The van der Waals surface area contributed by atoms with E-state index in [1.165, 1.54) is 5.56 Å². The van der Waals surface area contributed by atoms with E-state index in [0.717, 1.165) is 19.3 Å². The number of hydrogen-bond donors (Lipinski definition) is 0. The Kier molecular flexibility index (Phi) is 6.45. The molecule has 1 fully saturated rings. The monoisotopic (exact) mass is 346 g/mol. The molecule has 1 aromatic carbocycles. The van der Waals surface area contributed by atoms with E-state index < -0.39 is 11.6 Å². The Balaban J connectivity index is 1.86. The first-order valence-corrected chi connectivity index (χ1v) is 9.06. The quantitative estimate of drug-likeness (QED) is 0.820. The third-order valence-electron chi connectivity index (χ3n) is 4.34. The first kappa shape index (κ1) is 19.3. The summed E-state index contributed by atoms with van der Waals surface area (Å²) >= 11 is 0. The molecular formula is C20H30N2O3. The first-order chi connectivity index (χ1) is 11.8. The molecular weight excluding hydrogens is 316 g/mol. The van der Waals surface area contributed by atoms with Gasteiger partial charge in [-0.1, -0.05) is 30.3 Å². The number of ether oxygens (including phenoxy) is 1. The number of hydrogen-bond acceptors (Lipinski definition) is 3. The number of carbonyl (C=O) groups excluding carboxylic acids is 2. The van der Waals surface area contributed by atoms with E-state index >= 15 is 0 Å². The van der Waals surface area contributed by atoms with Crippen molar-refractivity contribution in [3.63, 3.8) is 0 Å². The molecule has 1 saturated heterocycles.